The first-order valence-electron chi connectivity index (χ1n) is 7.99. The van der Waals surface area contributed by atoms with Gasteiger partial charge in [0.25, 0.3) is 0 Å². The Balaban J connectivity index is 2.00. The molecular weight excluding hydrogens is 260 g/mol. The third kappa shape index (κ3) is 4.07. The van der Waals surface area contributed by atoms with E-state index < -0.39 is 6.04 Å². The van der Waals surface area contributed by atoms with Crippen LogP contribution in [0, 0.1) is 11.3 Å². The summed E-state index contributed by atoms with van der Waals surface area (Å²) in [4.78, 5) is 14.6. The molecule has 0 radical (unpaired) electrons. The number of hydrogen-bond acceptors (Lipinski definition) is 2. The average molecular weight is 288 g/mol. The number of benzene rings is 1. The highest BCUT2D eigenvalue weighted by atomic mass is 16.2. The monoisotopic (exact) mass is 288 g/mol. The summed E-state index contributed by atoms with van der Waals surface area (Å²) in [6, 6.07) is 9.13. The van der Waals surface area contributed by atoms with Gasteiger partial charge in [-0.2, -0.15) is 0 Å². The van der Waals surface area contributed by atoms with Gasteiger partial charge in [0.15, 0.2) is 0 Å². The van der Waals surface area contributed by atoms with Crippen molar-refractivity contribution in [3.05, 3.63) is 35.9 Å². The Labute approximate surface area is 128 Å². The molecule has 0 aliphatic carbocycles. The van der Waals surface area contributed by atoms with E-state index in [0.29, 0.717) is 11.3 Å². The lowest BCUT2D eigenvalue weighted by Crippen LogP contribution is -2.39. The van der Waals surface area contributed by atoms with Crippen LogP contribution in [0.15, 0.2) is 30.3 Å². The maximum absolute atomic E-state index is 12.6. The fourth-order valence-corrected chi connectivity index (χ4v) is 3.18. The minimum absolute atomic E-state index is 0.0655. The second-order valence-corrected chi connectivity index (χ2v) is 7.21. The zero-order valence-electron chi connectivity index (χ0n) is 13.5. The largest absolute Gasteiger partial charge is 0.341 e. The van der Waals surface area contributed by atoms with Gasteiger partial charge in [0.05, 0.1) is 0 Å². The number of hydrogen-bond donors (Lipinski definition) is 1. The number of amides is 1. The van der Waals surface area contributed by atoms with E-state index in [1.165, 1.54) is 6.42 Å². The number of carbonyl (C=O) groups is 1. The molecule has 0 spiro atoms. The highest BCUT2D eigenvalue weighted by molar-refractivity contribution is 5.83. The number of rotatable bonds is 2. The number of likely N-dealkylation sites (tertiary alicyclic amines) is 1. The van der Waals surface area contributed by atoms with Crippen LogP contribution in [0.25, 0.3) is 0 Å². The van der Waals surface area contributed by atoms with Gasteiger partial charge in [-0.25, -0.2) is 0 Å². The van der Waals surface area contributed by atoms with Crippen molar-refractivity contribution < 1.29 is 4.79 Å². The molecule has 1 fully saturated rings. The Kier molecular flexibility index (Phi) is 5.04. The van der Waals surface area contributed by atoms with E-state index in [2.05, 4.69) is 20.8 Å². The summed E-state index contributed by atoms with van der Waals surface area (Å²) in [5, 5.41) is 0. The molecule has 2 rings (SSSR count). The first-order valence-corrected chi connectivity index (χ1v) is 7.99. The van der Waals surface area contributed by atoms with E-state index in [-0.39, 0.29) is 5.91 Å². The third-order valence-corrected chi connectivity index (χ3v) is 4.69. The zero-order valence-corrected chi connectivity index (χ0v) is 13.5. The van der Waals surface area contributed by atoms with Gasteiger partial charge in [-0.1, -0.05) is 51.1 Å². The van der Waals surface area contributed by atoms with Crippen LogP contribution in [0.3, 0.4) is 0 Å². The van der Waals surface area contributed by atoms with Gasteiger partial charge in [-0.15, -0.1) is 0 Å². The summed E-state index contributed by atoms with van der Waals surface area (Å²) in [7, 11) is 0. The smallest absolute Gasteiger partial charge is 0.244 e. The SMILES string of the molecule is CC(C)(C)C1CCCN(C(=O)[C@@H](N)c2ccccc2)CC1. The summed E-state index contributed by atoms with van der Waals surface area (Å²) >= 11 is 0. The lowest BCUT2D eigenvalue weighted by atomic mass is 9.77. The Bertz CT molecular complexity index is 464. The van der Waals surface area contributed by atoms with Crippen LogP contribution in [0.4, 0.5) is 0 Å². The summed E-state index contributed by atoms with van der Waals surface area (Å²) in [6.07, 6.45) is 3.36. The minimum Gasteiger partial charge on any atom is -0.341 e. The summed E-state index contributed by atoms with van der Waals surface area (Å²) in [5.74, 6) is 0.749. The van der Waals surface area contributed by atoms with Gasteiger partial charge in [0.1, 0.15) is 6.04 Å². The molecule has 0 bridgehead atoms. The predicted molar refractivity (Wildman–Crippen MR) is 86.7 cm³/mol. The van der Waals surface area contributed by atoms with Crippen LogP contribution < -0.4 is 5.73 Å². The molecule has 0 aromatic heterocycles. The van der Waals surface area contributed by atoms with Crippen molar-refractivity contribution in [2.75, 3.05) is 13.1 Å². The molecule has 1 aromatic rings. The van der Waals surface area contributed by atoms with Gasteiger partial charge in [0, 0.05) is 13.1 Å². The van der Waals surface area contributed by atoms with Crippen molar-refractivity contribution in [2.24, 2.45) is 17.1 Å². The minimum atomic E-state index is -0.530. The highest BCUT2D eigenvalue weighted by Crippen LogP contribution is 2.34. The van der Waals surface area contributed by atoms with Crippen molar-refractivity contribution in [3.8, 4) is 0 Å². The van der Waals surface area contributed by atoms with Crippen LogP contribution in [0.1, 0.15) is 51.6 Å². The Morgan fingerprint density at radius 1 is 1.19 bits per heavy atom. The summed E-state index contributed by atoms with van der Waals surface area (Å²) < 4.78 is 0. The van der Waals surface area contributed by atoms with Gasteiger partial charge in [0.2, 0.25) is 5.91 Å². The molecule has 1 saturated heterocycles. The molecule has 1 unspecified atom stereocenters. The van der Waals surface area contributed by atoms with E-state index >= 15 is 0 Å². The lowest BCUT2D eigenvalue weighted by molar-refractivity contribution is -0.132. The summed E-state index contributed by atoms with van der Waals surface area (Å²) in [6.45, 7) is 8.56. The van der Waals surface area contributed by atoms with Gasteiger partial charge < -0.3 is 10.6 Å². The Hall–Kier alpha value is -1.35. The molecule has 116 valence electrons. The fourth-order valence-electron chi connectivity index (χ4n) is 3.18. The van der Waals surface area contributed by atoms with Crippen LogP contribution in [-0.2, 0) is 4.79 Å². The first kappa shape index (κ1) is 16.0. The van der Waals surface area contributed by atoms with Crippen molar-refractivity contribution >= 4 is 5.91 Å². The van der Waals surface area contributed by atoms with E-state index in [4.69, 9.17) is 5.73 Å². The normalized spacial score (nSPS) is 21.7. The maximum atomic E-state index is 12.6. The first-order chi connectivity index (χ1) is 9.89. The molecule has 3 heteroatoms. The quantitative estimate of drug-likeness (QED) is 0.907. The Morgan fingerprint density at radius 2 is 1.86 bits per heavy atom. The topological polar surface area (TPSA) is 46.3 Å². The zero-order chi connectivity index (χ0) is 15.5. The average Bonchev–Trinajstić information content (AvgIpc) is 2.72. The summed E-state index contributed by atoms with van der Waals surface area (Å²) in [5.41, 5.74) is 7.37. The predicted octanol–water partition coefficient (Wildman–Crippen LogP) is 3.36. The molecule has 3 nitrogen and oxygen atoms in total. The van der Waals surface area contributed by atoms with Crippen molar-refractivity contribution in [1.82, 2.24) is 4.90 Å². The standard InChI is InChI=1S/C18H28N2O/c1-18(2,3)15-10-7-12-20(13-11-15)17(21)16(19)14-8-5-4-6-9-14/h4-6,8-9,15-16H,7,10-13,19H2,1-3H3/t15?,16-/m0/s1. The number of nitrogens with two attached hydrogens (primary N) is 1. The fraction of sp³-hybridized carbons (Fsp3) is 0.611. The van der Waals surface area contributed by atoms with Gasteiger partial charge in [-0.3, -0.25) is 4.79 Å². The molecule has 1 amide bonds. The van der Waals surface area contributed by atoms with E-state index in [1.54, 1.807) is 0 Å². The lowest BCUT2D eigenvalue weighted by Gasteiger charge is -2.30. The molecule has 1 heterocycles. The molecule has 1 aromatic carbocycles. The second kappa shape index (κ2) is 6.61. The molecule has 2 N–H and O–H groups in total. The molecule has 1 aliphatic rings. The molecule has 1 aliphatic heterocycles. The Morgan fingerprint density at radius 3 is 2.48 bits per heavy atom. The highest BCUT2D eigenvalue weighted by Gasteiger charge is 2.30. The maximum Gasteiger partial charge on any atom is 0.244 e. The second-order valence-electron chi connectivity index (χ2n) is 7.21. The van der Waals surface area contributed by atoms with E-state index in [0.717, 1.165) is 31.5 Å². The van der Waals surface area contributed by atoms with Crippen LogP contribution in [0.2, 0.25) is 0 Å². The third-order valence-electron chi connectivity index (χ3n) is 4.69. The number of nitrogens with zero attached hydrogens (tertiary/aromatic N) is 1. The van der Waals surface area contributed by atoms with Crippen molar-refractivity contribution in [1.29, 1.82) is 0 Å². The van der Waals surface area contributed by atoms with Gasteiger partial charge in [-0.05, 0) is 36.2 Å². The van der Waals surface area contributed by atoms with Crippen LogP contribution in [-0.4, -0.2) is 23.9 Å². The van der Waals surface area contributed by atoms with Gasteiger partial charge >= 0.3 is 0 Å². The molecule has 2 atom stereocenters. The van der Waals surface area contributed by atoms with Crippen molar-refractivity contribution in [3.63, 3.8) is 0 Å². The van der Waals surface area contributed by atoms with E-state index in [9.17, 15) is 4.79 Å². The molecule has 21 heavy (non-hydrogen) atoms. The van der Waals surface area contributed by atoms with Crippen molar-refractivity contribution in [2.45, 2.75) is 46.1 Å². The molecule has 0 saturated carbocycles. The van der Waals surface area contributed by atoms with Crippen LogP contribution >= 0.6 is 0 Å². The number of carbonyl (C=O) groups excluding carboxylic acids is 1. The van der Waals surface area contributed by atoms with E-state index in [1.807, 2.05) is 35.2 Å². The molecular formula is C18H28N2O. The van der Waals surface area contributed by atoms with Crippen LogP contribution in [0.5, 0.6) is 0 Å².